The summed E-state index contributed by atoms with van der Waals surface area (Å²) in [6, 6.07) is 7.59. The van der Waals surface area contributed by atoms with E-state index in [1.807, 2.05) is 24.3 Å². The van der Waals surface area contributed by atoms with Gasteiger partial charge in [-0.1, -0.05) is 0 Å². The molecule has 0 fully saturated rings. The highest BCUT2D eigenvalue weighted by atomic mass is 32.1. The van der Waals surface area contributed by atoms with E-state index in [0.29, 0.717) is 0 Å². The summed E-state index contributed by atoms with van der Waals surface area (Å²) in [5.74, 6) is 0.836. The second-order valence-electron chi connectivity index (χ2n) is 4.07. The minimum absolute atomic E-state index is 0.750. The van der Waals surface area contributed by atoms with E-state index in [0.717, 1.165) is 27.4 Å². The number of aromatic nitrogens is 2. The summed E-state index contributed by atoms with van der Waals surface area (Å²) >= 11 is 1.65. The molecule has 90 valence electrons. The summed E-state index contributed by atoms with van der Waals surface area (Å²) in [4.78, 5) is 8.59. The Balaban J connectivity index is 2.02. The minimum Gasteiger partial charge on any atom is -0.399 e. The Hall–Kier alpha value is -2.14. The van der Waals surface area contributed by atoms with Crippen LogP contribution in [0, 0.1) is 6.92 Å². The van der Waals surface area contributed by atoms with Gasteiger partial charge in [0.2, 0.25) is 0 Å². The van der Waals surface area contributed by atoms with Crippen molar-refractivity contribution >= 4 is 38.7 Å². The number of benzene rings is 1. The maximum absolute atomic E-state index is 5.66. The van der Waals surface area contributed by atoms with E-state index in [1.54, 1.807) is 17.7 Å². The van der Waals surface area contributed by atoms with Crippen molar-refractivity contribution in [2.75, 3.05) is 11.1 Å². The molecule has 18 heavy (non-hydrogen) atoms. The zero-order valence-corrected chi connectivity index (χ0v) is 10.7. The molecule has 0 spiro atoms. The highest BCUT2D eigenvalue weighted by molar-refractivity contribution is 7.18. The summed E-state index contributed by atoms with van der Waals surface area (Å²) in [6.45, 7) is 2.05. The Morgan fingerprint density at radius 1 is 1.17 bits per heavy atom. The zero-order chi connectivity index (χ0) is 12.5. The zero-order valence-electron chi connectivity index (χ0n) is 9.84. The minimum atomic E-state index is 0.750. The lowest BCUT2D eigenvalue weighted by Gasteiger charge is -2.06. The number of nitrogens with one attached hydrogen (secondary N) is 1. The predicted octanol–water partition coefficient (Wildman–Crippen LogP) is 3.33. The van der Waals surface area contributed by atoms with Crippen molar-refractivity contribution in [1.82, 2.24) is 9.97 Å². The Labute approximate surface area is 109 Å². The third kappa shape index (κ3) is 1.89. The number of nitrogen functional groups attached to an aromatic ring is 1. The van der Waals surface area contributed by atoms with Crippen molar-refractivity contribution in [1.29, 1.82) is 0 Å². The van der Waals surface area contributed by atoms with E-state index in [-0.39, 0.29) is 0 Å². The molecule has 1 aromatic carbocycles. The van der Waals surface area contributed by atoms with Gasteiger partial charge >= 0.3 is 0 Å². The number of rotatable bonds is 2. The number of hydrogen-bond acceptors (Lipinski definition) is 5. The van der Waals surface area contributed by atoms with Crippen LogP contribution in [-0.4, -0.2) is 9.97 Å². The molecular weight excluding hydrogens is 244 g/mol. The number of thiophene rings is 1. The van der Waals surface area contributed by atoms with E-state index in [4.69, 9.17) is 5.73 Å². The molecule has 5 heteroatoms. The van der Waals surface area contributed by atoms with Crippen LogP contribution in [0.1, 0.15) is 5.56 Å². The lowest BCUT2D eigenvalue weighted by Crippen LogP contribution is -1.95. The van der Waals surface area contributed by atoms with Gasteiger partial charge in [0.05, 0.1) is 10.2 Å². The van der Waals surface area contributed by atoms with Crippen molar-refractivity contribution in [2.45, 2.75) is 6.92 Å². The average Bonchev–Trinajstić information content (AvgIpc) is 2.76. The van der Waals surface area contributed by atoms with Crippen molar-refractivity contribution in [3.05, 3.63) is 41.5 Å². The number of nitrogens with two attached hydrogens (primary N) is 1. The molecule has 0 atom stereocenters. The summed E-state index contributed by atoms with van der Waals surface area (Å²) < 4.78 is 1.08. The van der Waals surface area contributed by atoms with Crippen LogP contribution in [0.4, 0.5) is 17.2 Å². The number of hydrogen-bond donors (Lipinski definition) is 2. The highest BCUT2D eigenvalue weighted by Gasteiger charge is 2.07. The summed E-state index contributed by atoms with van der Waals surface area (Å²) in [7, 11) is 0. The van der Waals surface area contributed by atoms with Gasteiger partial charge in [-0.25, -0.2) is 9.97 Å². The van der Waals surface area contributed by atoms with E-state index in [1.165, 1.54) is 5.56 Å². The number of nitrogens with zero attached hydrogens (tertiary/aromatic N) is 2. The van der Waals surface area contributed by atoms with E-state index >= 15 is 0 Å². The number of aryl methyl sites for hydroxylation is 1. The fourth-order valence-corrected chi connectivity index (χ4v) is 2.71. The topological polar surface area (TPSA) is 63.8 Å². The fraction of sp³-hybridized carbons (Fsp3) is 0.0769. The van der Waals surface area contributed by atoms with Crippen LogP contribution in [0.15, 0.2) is 36.0 Å². The molecule has 0 aliphatic rings. The second kappa shape index (κ2) is 4.27. The normalized spacial score (nSPS) is 10.7. The maximum atomic E-state index is 5.66. The second-order valence-corrected chi connectivity index (χ2v) is 4.95. The number of fused-ring (bicyclic) bond motifs is 1. The third-order valence-corrected chi connectivity index (χ3v) is 3.80. The van der Waals surface area contributed by atoms with Crippen LogP contribution >= 0.6 is 11.3 Å². The van der Waals surface area contributed by atoms with Gasteiger partial charge in [-0.15, -0.1) is 11.3 Å². The standard InChI is InChI=1S/C13H12N4S/c1-8-6-18-12-11(8)15-7-16-13(12)17-10-4-2-9(14)3-5-10/h2-7H,14H2,1H3,(H,15,16,17). The first-order valence-electron chi connectivity index (χ1n) is 5.55. The Bertz CT molecular complexity index is 688. The fourth-order valence-electron chi connectivity index (χ4n) is 1.76. The van der Waals surface area contributed by atoms with Crippen LogP contribution in [0.2, 0.25) is 0 Å². The quantitative estimate of drug-likeness (QED) is 0.690. The molecular formula is C13H12N4S. The van der Waals surface area contributed by atoms with Crippen molar-refractivity contribution in [3.63, 3.8) is 0 Å². The van der Waals surface area contributed by atoms with Crippen LogP contribution in [-0.2, 0) is 0 Å². The highest BCUT2D eigenvalue weighted by Crippen LogP contribution is 2.30. The molecule has 0 aliphatic heterocycles. The van der Waals surface area contributed by atoms with Gasteiger partial charge in [0, 0.05) is 11.4 Å². The van der Waals surface area contributed by atoms with Crippen molar-refractivity contribution in [2.24, 2.45) is 0 Å². The van der Waals surface area contributed by atoms with Crippen LogP contribution in [0.25, 0.3) is 10.2 Å². The molecule has 3 N–H and O–H groups in total. The summed E-state index contributed by atoms with van der Waals surface area (Å²) in [5.41, 5.74) is 9.57. The van der Waals surface area contributed by atoms with Gasteiger partial charge in [0.15, 0.2) is 5.82 Å². The molecule has 2 heterocycles. The smallest absolute Gasteiger partial charge is 0.151 e. The van der Waals surface area contributed by atoms with Gasteiger partial charge in [-0.05, 0) is 42.1 Å². The Kier molecular flexibility index (Phi) is 2.60. The molecule has 2 aromatic heterocycles. The predicted molar refractivity (Wildman–Crippen MR) is 76.3 cm³/mol. The third-order valence-electron chi connectivity index (χ3n) is 2.70. The van der Waals surface area contributed by atoms with Gasteiger partial charge in [-0.3, -0.25) is 0 Å². The molecule has 0 radical (unpaired) electrons. The number of anilines is 3. The average molecular weight is 256 g/mol. The van der Waals surface area contributed by atoms with Crippen LogP contribution < -0.4 is 11.1 Å². The lowest BCUT2D eigenvalue weighted by atomic mass is 10.3. The van der Waals surface area contributed by atoms with Gasteiger partial charge in [-0.2, -0.15) is 0 Å². The van der Waals surface area contributed by atoms with Crippen LogP contribution in [0.3, 0.4) is 0 Å². The van der Waals surface area contributed by atoms with E-state index in [9.17, 15) is 0 Å². The summed E-state index contributed by atoms with van der Waals surface area (Å²) in [5, 5.41) is 5.38. The molecule has 0 aliphatic carbocycles. The van der Waals surface area contributed by atoms with Crippen LogP contribution in [0.5, 0.6) is 0 Å². The largest absolute Gasteiger partial charge is 0.399 e. The first kappa shape index (κ1) is 11.0. The summed E-state index contributed by atoms with van der Waals surface area (Å²) in [6.07, 6.45) is 1.59. The first-order chi connectivity index (χ1) is 8.74. The molecule has 3 aromatic rings. The van der Waals surface area contributed by atoms with Gasteiger partial charge < -0.3 is 11.1 Å². The Morgan fingerprint density at radius 3 is 2.72 bits per heavy atom. The first-order valence-corrected chi connectivity index (χ1v) is 6.43. The van der Waals surface area contributed by atoms with E-state index < -0.39 is 0 Å². The molecule has 3 rings (SSSR count). The Morgan fingerprint density at radius 2 is 1.94 bits per heavy atom. The molecule has 0 bridgehead atoms. The van der Waals surface area contributed by atoms with Gasteiger partial charge in [0.25, 0.3) is 0 Å². The van der Waals surface area contributed by atoms with Crippen molar-refractivity contribution in [3.8, 4) is 0 Å². The SMILES string of the molecule is Cc1csc2c(Nc3ccc(N)cc3)ncnc12. The molecule has 0 unspecified atom stereocenters. The lowest BCUT2D eigenvalue weighted by molar-refractivity contribution is 1.22. The monoisotopic (exact) mass is 256 g/mol. The van der Waals surface area contributed by atoms with Gasteiger partial charge in [0.1, 0.15) is 6.33 Å². The molecule has 0 saturated carbocycles. The molecule has 0 saturated heterocycles. The van der Waals surface area contributed by atoms with E-state index in [2.05, 4.69) is 27.6 Å². The molecule has 4 nitrogen and oxygen atoms in total. The maximum Gasteiger partial charge on any atom is 0.151 e. The van der Waals surface area contributed by atoms with Crippen molar-refractivity contribution < 1.29 is 0 Å². The molecule has 0 amide bonds.